The molecule has 0 spiro atoms. The summed E-state index contributed by atoms with van der Waals surface area (Å²) in [5, 5.41) is 0. The molecule has 2 heterocycles. The lowest BCUT2D eigenvalue weighted by Gasteiger charge is -2.31. The molecular formula is C16H23NO3. The van der Waals surface area contributed by atoms with E-state index in [-0.39, 0.29) is 5.92 Å². The van der Waals surface area contributed by atoms with Gasteiger partial charge < -0.3 is 19.9 Å². The van der Waals surface area contributed by atoms with Crippen LogP contribution in [-0.4, -0.2) is 26.9 Å². The maximum Gasteiger partial charge on any atom is 0.167 e. The van der Waals surface area contributed by atoms with E-state index < -0.39 is 0 Å². The number of nitrogens with two attached hydrogens (primary N) is 1. The largest absolute Gasteiger partial charge is 0.493 e. The van der Waals surface area contributed by atoms with E-state index in [1.54, 1.807) is 7.11 Å². The molecule has 0 amide bonds. The Labute approximate surface area is 120 Å². The minimum Gasteiger partial charge on any atom is -0.493 e. The molecule has 0 bridgehead atoms. The molecule has 4 heteroatoms. The van der Waals surface area contributed by atoms with E-state index in [9.17, 15) is 0 Å². The quantitative estimate of drug-likeness (QED) is 0.922. The first kappa shape index (κ1) is 13.6. The predicted octanol–water partition coefficient (Wildman–Crippen LogP) is 2.41. The van der Waals surface area contributed by atoms with Gasteiger partial charge in [0, 0.05) is 16.7 Å². The molecule has 0 saturated carbocycles. The van der Waals surface area contributed by atoms with Crippen LogP contribution in [0.25, 0.3) is 0 Å². The SMILES string of the molecule is COc1c2c(c(C(C)CN)c3c1OCCC3)OCCC2. The Kier molecular flexibility index (Phi) is 3.74. The van der Waals surface area contributed by atoms with E-state index in [2.05, 4.69) is 6.92 Å². The predicted molar refractivity (Wildman–Crippen MR) is 78.1 cm³/mol. The summed E-state index contributed by atoms with van der Waals surface area (Å²) < 4.78 is 17.6. The zero-order valence-corrected chi connectivity index (χ0v) is 12.3. The van der Waals surface area contributed by atoms with Gasteiger partial charge >= 0.3 is 0 Å². The van der Waals surface area contributed by atoms with Gasteiger partial charge in [-0.1, -0.05) is 6.92 Å². The lowest BCUT2D eigenvalue weighted by molar-refractivity contribution is 0.249. The van der Waals surface area contributed by atoms with Crippen molar-refractivity contribution in [2.24, 2.45) is 5.73 Å². The van der Waals surface area contributed by atoms with E-state index >= 15 is 0 Å². The first-order chi connectivity index (χ1) is 9.77. The van der Waals surface area contributed by atoms with Gasteiger partial charge in [-0.25, -0.2) is 0 Å². The van der Waals surface area contributed by atoms with E-state index in [0.717, 1.165) is 61.7 Å². The Bertz CT molecular complexity index is 476. The van der Waals surface area contributed by atoms with Crippen molar-refractivity contribution in [1.82, 2.24) is 0 Å². The Morgan fingerprint density at radius 1 is 1.10 bits per heavy atom. The number of benzene rings is 1. The normalized spacial score (nSPS) is 18.4. The Hall–Kier alpha value is -1.42. The number of hydrogen-bond acceptors (Lipinski definition) is 4. The second-order valence-corrected chi connectivity index (χ2v) is 5.60. The highest BCUT2D eigenvalue weighted by atomic mass is 16.5. The second-order valence-electron chi connectivity index (χ2n) is 5.60. The maximum atomic E-state index is 6.00. The highest BCUT2D eigenvalue weighted by molar-refractivity contribution is 5.65. The highest BCUT2D eigenvalue weighted by Crippen LogP contribution is 2.50. The molecule has 1 aromatic rings. The molecule has 1 atom stereocenters. The van der Waals surface area contributed by atoms with Crippen molar-refractivity contribution < 1.29 is 14.2 Å². The number of fused-ring (bicyclic) bond motifs is 2. The lowest BCUT2D eigenvalue weighted by Crippen LogP contribution is -2.21. The summed E-state index contributed by atoms with van der Waals surface area (Å²) in [6.07, 6.45) is 4.07. The summed E-state index contributed by atoms with van der Waals surface area (Å²) in [6, 6.07) is 0. The van der Waals surface area contributed by atoms with Gasteiger partial charge in [0.2, 0.25) is 0 Å². The van der Waals surface area contributed by atoms with Gasteiger partial charge in [0.15, 0.2) is 11.5 Å². The average molecular weight is 277 g/mol. The van der Waals surface area contributed by atoms with E-state index in [4.69, 9.17) is 19.9 Å². The van der Waals surface area contributed by atoms with Crippen LogP contribution >= 0.6 is 0 Å². The van der Waals surface area contributed by atoms with Crippen LogP contribution in [0.5, 0.6) is 17.2 Å². The third-order valence-corrected chi connectivity index (χ3v) is 4.28. The number of rotatable bonds is 3. The summed E-state index contributed by atoms with van der Waals surface area (Å²) in [6.45, 7) is 4.32. The van der Waals surface area contributed by atoms with Gasteiger partial charge in [-0.2, -0.15) is 0 Å². The minimum absolute atomic E-state index is 0.281. The monoisotopic (exact) mass is 277 g/mol. The van der Waals surface area contributed by atoms with Gasteiger partial charge in [0.1, 0.15) is 5.75 Å². The topological polar surface area (TPSA) is 53.7 Å². The van der Waals surface area contributed by atoms with E-state index in [0.29, 0.717) is 6.54 Å². The molecule has 3 rings (SSSR count). The molecule has 0 fully saturated rings. The summed E-state index contributed by atoms with van der Waals surface area (Å²) >= 11 is 0. The van der Waals surface area contributed by atoms with Crippen molar-refractivity contribution >= 4 is 0 Å². The third kappa shape index (κ3) is 2.03. The molecular weight excluding hydrogens is 254 g/mol. The molecule has 0 aliphatic carbocycles. The Morgan fingerprint density at radius 3 is 2.40 bits per heavy atom. The van der Waals surface area contributed by atoms with Crippen LogP contribution in [0, 0.1) is 0 Å². The first-order valence-corrected chi connectivity index (χ1v) is 7.49. The van der Waals surface area contributed by atoms with Crippen molar-refractivity contribution in [3.8, 4) is 17.2 Å². The molecule has 110 valence electrons. The van der Waals surface area contributed by atoms with Crippen LogP contribution in [0.2, 0.25) is 0 Å². The molecule has 0 aromatic heterocycles. The fourth-order valence-corrected chi connectivity index (χ4v) is 3.29. The van der Waals surface area contributed by atoms with Crippen LogP contribution in [0.4, 0.5) is 0 Å². The van der Waals surface area contributed by atoms with Crippen molar-refractivity contribution in [3.05, 3.63) is 16.7 Å². The van der Waals surface area contributed by atoms with Gasteiger partial charge in [0.05, 0.1) is 20.3 Å². The van der Waals surface area contributed by atoms with Crippen molar-refractivity contribution in [2.45, 2.75) is 38.5 Å². The molecule has 4 nitrogen and oxygen atoms in total. The van der Waals surface area contributed by atoms with Gasteiger partial charge in [-0.3, -0.25) is 0 Å². The molecule has 0 saturated heterocycles. The van der Waals surface area contributed by atoms with Crippen molar-refractivity contribution in [3.63, 3.8) is 0 Å². The third-order valence-electron chi connectivity index (χ3n) is 4.28. The summed E-state index contributed by atoms with van der Waals surface area (Å²) in [7, 11) is 1.72. The fourth-order valence-electron chi connectivity index (χ4n) is 3.29. The second kappa shape index (κ2) is 5.52. The van der Waals surface area contributed by atoms with Crippen LogP contribution < -0.4 is 19.9 Å². The number of ether oxygens (including phenoxy) is 3. The smallest absolute Gasteiger partial charge is 0.167 e. The fraction of sp³-hybridized carbons (Fsp3) is 0.625. The van der Waals surface area contributed by atoms with Crippen molar-refractivity contribution in [1.29, 1.82) is 0 Å². The van der Waals surface area contributed by atoms with Crippen LogP contribution in [0.15, 0.2) is 0 Å². The Balaban J connectivity index is 2.26. The molecule has 2 N–H and O–H groups in total. The summed E-state index contributed by atoms with van der Waals surface area (Å²) in [4.78, 5) is 0. The van der Waals surface area contributed by atoms with Gasteiger partial charge in [0.25, 0.3) is 0 Å². The zero-order chi connectivity index (χ0) is 14.1. The molecule has 2 aliphatic heterocycles. The first-order valence-electron chi connectivity index (χ1n) is 7.49. The van der Waals surface area contributed by atoms with Crippen LogP contribution in [0.1, 0.15) is 42.4 Å². The standard InChI is InChI=1S/C16H23NO3/c1-10(9-17)13-11-5-3-8-20-16(11)15(18-2)12-6-4-7-19-14(12)13/h10H,3-9,17H2,1-2H3. The highest BCUT2D eigenvalue weighted by Gasteiger charge is 2.31. The van der Waals surface area contributed by atoms with Crippen molar-refractivity contribution in [2.75, 3.05) is 26.9 Å². The molecule has 0 radical (unpaired) electrons. The van der Waals surface area contributed by atoms with Gasteiger partial charge in [-0.05, 0) is 38.1 Å². The summed E-state index contributed by atoms with van der Waals surface area (Å²) in [5.74, 6) is 3.10. The van der Waals surface area contributed by atoms with Crippen LogP contribution in [0.3, 0.4) is 0 Å². The average Bonchev–Trinajstić information content (AvgIpc) is 2.51. The number of hydrogen-bond donors (Lipinski definition) is 1. The molecule has 2 aliphatic rings. The molecule has 1 aromatic carbocycles. The summed E-state index contributed by atoms with van der Waals surface area (Å²) in [5.41, 5.74) is 9.57. The molecule has 1 unspecified atom stereocenters. The van der Waals surface area contributed by atoms with E-state index in [1.165, 1.54) is 11.1 Å². The molecule has 20 heavy (non-hydrogen) atoms. The zero-order valence-electron chi connectivity index (χ0n) is 12.3. The minimum atomic E-state index is 0.281. The maximum absolute atomic E-state index is 6.00. The van der Waals surface area contributed by atoms with Crippen LogP contribution in [-0.2, 0) is 12.8 Å². The lowest BCUT2D eigenvalue weighted by atomic mass is 9.86. The van der Waals surface area contributed by atoms with Gasteiger partial charge in [-0.15, -0.1) is 0 Å². The Morgan fingerprint density at radius 2 is 1.75 bits per heavy atom. The number of methoxy groups -OCH3 is 1. The van der Waals surface area contributed by atoms with E-state index in [1.807, 2.05) is 0 Å².